The fourth-order valence-electron chi connectivity index (χ4n) is 4.98. The Kier molecular flexibility index (Phi) is 7.14. The molecule has 0 bridgehead atoms. The normalized spacial score (nSPS) is 21.6. The van der Waals surface area contributed by atoms with Crippen molar-refractivity contribution in [3.8, 4) is 0 Å². The zero-order chi connectivity index (χ0) is 27.7. The minimum Gasteiger partial charge on any atom is -0.444 e. The Labute approximate surface area is 238 Å². The Morgan fingerprint density at radius 3 is 2.88 bits per heavy atom. The number of nitrogens with one attached hydrogen (secondary N) is 3. The van der Waals surface area contributed by atoms with Gasteiger partial charge in [-0.3, -0.25) is 4.99 Å². The summed E-state index contributed by atoms with van der Waals surface area (Å²) in [6, 6.07) is 14.7. The van der Waals surface area contributed by atoms with Crippen LogP contribution in [0.15, 0.2) is 83.7 Å². The second kappa shape index (κ2) is 10.9. The number of aromatic amines is 1. The van der Waals surface area contributed by atoms with Gasteiger partial charge in [0.25, 0.3) is 0 Å². The van der Waals surface area contributed by atoms with Crippen molar-refractivity contribution in [3.63, 3.8) is 0 Å². The van der Waals surface area contributed by atoms with E-state index < -0.39 is 5.60 Å². The van der Waals surface area contributed by atoms with Gasteiger partial charge in [-0.2, -0.15) is 0 Å². The van der Waals surface area contributed by atoms with Gasteiger partial charge in [0.1, 0.15) is 11.2 Å². The highest BCUT2D eigenvalue weighted by molar-refractivity contribution is 8.14. The molecule has 40 heavy (non-hydrogen) atoms. The van der Waals surface area contributed by atoms with Crippen molar-refractivity contribution in [1.29, 1.82) is 0 Å². The minimum atomic E-state index is -0.498. The Hall–Kier alpha value is -3.98. The number of pyridine rings is 1. The summed E-state index contributed by atoms with van der Waals surface area (Å²) >= 11 is 1.77. The van der Waals surface area contributed by atoms with Gasteiger partial charge < -0.3 is 25.3 Å². The first-order valence-corrected chi connectivity index (χ1v) is 14.5. The van der Waals surface area contributed by atoms with Gasteiger partial charge in [-0.1, -0.05) is 54.2 Å². The van der Waals surface area contributed by atoms with E-state index in [1.165, 1.54) is 11.1 Å². The summed E-state index contributed by atoms with van der Waals surface area (Å²) in [6.07, 6.45) is 11.0. The van der Waals surface area contributed by atoms with Crippen LogP contribution in [0.1, 0.15) is 38.4 Å². The third-order valence-corrected chi connectivity index (χ3v) is 8.16. The molecule has 1 fully saturated rings. The number of thioether (sulfide) groups is 1. The van der Waals surface area contributed by atoms with E-state index in [9.17, 15) is 4.79 Å². The Morgan fingerprint density at radius 2 is 2.10 bits per heavy atom. The number of allylic oxidation sites excluding steroid dienone is 1. The number of hydrogen-bond acceptors (Lipinski definition) is 6. The van der Waals surface area contributed by atoms with Gasteiger partial charge in [-0.25, -0.2) is 9.78 Å². The van der Waals surface area contributed by atoms with Crippen LogP contribution in [0.4, 0.5) is 10.5 Å². The molecule has 3 aromatic rings. The molecule has 1 aliphatic carbocycles. The van der Waals surface area contributed by atoms with E-state index in [4.69, 9.17) is 9.73 Å². The largest absolute Gasteiger partial charge is 0.444 e. The number of fused-ring (bicyclic) bond motifs is 2. The number of ether oxygens (including phenoxy) is 1. The summed E-state index contributed by atoms with van der Waals surface area (Å²) in [5, 5.41) is 9.44. The van der Waals surface area contributed by atoms with Crippen molar-refractivity contribution in [1.82, 2.24) is 20.2 Å². The first kappa shape index (κ1) is 26.3. The summed E-state index contributed by atoms with van der Waals surface area (Å²) in [4.78, 5) is 27.0. The van der Waals surface area contributed by atoms with E-state index in [-0.39, 0.29) is 17.4 Å². The lowest BCUT2D eigenvalue weighted by Gasteiger charge is -2.29. The summed E-state index contributed by atoms with van der Waals surface area (Å²) < 4.78 is 5.53. The van der Waals surface area contributed by atoms with Crippen LogP contribution >= 0.6 is 11.8 Å². The molecule has 1 saturated heterocycles. The number of anilines is 1. The van der Waals surface area contributed by atoms with Gasteiger partial charge in [-0.05, 0) is 62.6 Å². The SMILES string of the molecule is CC(C)(C)OC(=O)N1CC=C(c2cc3c(NC4=CC5SC(=NCc6ccccc6)NC5C=C4)ccnc3[nH]2)CC1. The van der Waals surface area contributed by atoms with Crippen molar-refractivity contribution in [3.05, 3.63) is 89.9 Å². The van der Waals surface area contributed by atoms with Crippen molar-refractivity contribution in [2.75, 3.05) is 18.4 Å². The zero-order valence-corrected chi connectivity index (χ0v) is 23.8. The van der Waals surface area contributed by atoms with E-state index in [2.05, 4.69) is 63.1 Å². The number of carbonyl (C=O) groups is 1. The van der Waals surface area contributed by atoms with Crippen LogP contribution in [0.25, 0.3) is 16.6 Å². The first-order chi connectivity index (χ1) is 19.3. The maximum Gasteiger partial charge on any atom is 0.410 e. The third-order valence-electron chi connectivity index (χ3n) is 6.98. The molecule has 3 aliphatic rings. The molecular formula is C31H34N6O2S. The Balaban J connectivity index is 1.13. The molecule has 6 rings (SSSR count). The molecular weight excluding hydrogens is 520 g/mol. The van der Waals surface area contributed by atoms with Gasteiger partial charge in [0.05, 0.1) is 23.5 Å². The monoisotopic (exact) mass is 554 g/mol. The average Bonchev–Trinajstić information content (AvgIpc) is 3.56. The number of aromatic nitrogens is 2. The maximum absolute atomic E-state index is 12.4. The van der Waals surface area contributed by atoms with Crippen molar-refractivity contribution in [2.45, 2.75) is 50.6 Å². The van der Waals surface area contributed by atoms with Crippen molar-refractivity contribution in [2.24, 2.45) is 4.99 Å². The second-order valence-corrected chi connectivity index (χ2v) is 12.3. The van der Waals surface area contributed by atoms with Crippen LogP contribution in [0.3, 0.4) is 0 Å². The van der Waals surface area contributed by atoms with Crippen molar-refractivity contribution < 1.29 is 9.53 Å². The van der Waals surface area contributed by atoms with Crippen LogP contribution in [0.5, 0.6) is 0 Å². The fourth-order valence-corrected chi connectivity index (χ4v) is 6.10. The van der Waals surface area contributed by atoms with Crippen LogP contribution in [-0.4, -0.2) is 56.1 Å². The number of aliphatic imine (C=N–C) groups is 1. The highest BCUT2D eigenvalue weighted by Crippen LogP contribution is 2.33. The molecule has 9 heteroatoms. The summed E-state index contributed by atoms with van der Waals surface area (Å²) in [7, 11) is 0. The molecule has 0 saturated carbocycles. The molecule has 2 unspecified atom stereocenters. The molecule has 206 valence electrons. The summed E-state index contributed by atoms with van der Waals surface area (Å²) in [5.41, 5.74) is 5.81. The van der Waals surface area contributed by atoms with Crippen LogP contribution in [0, 0.1) is 0 Å². The highest BCUT2D eigenvalue weighted by atomic mass is 32.2. The fraction of sp³-hybridized carbons (Fsp3) is 0.323. The lowest BCUT2D eigenvalue weighted by molar-refractivity contribution is 0.0270. The van der Waals surface area contributed by atoms with Crippen LogP contribution in [0.2, 0.25) is 0 Å². The molecule has 3 N–H and O–H groups in total. The Morgan fingerprint density at radius 1 is 1.25 bits per heavy atom. The van der Waals surface area contributed by atoms with Gasteiger partial charge >= 0.3 is 6.09 Å². The van der Waals surface area contributed by atoms with E-state index in [0.717, 1.165) is 39.7 Å². The van der Waals surface area contributed by atoms with E-state index in [0.29, 0.717) is 19.6 Å². The molecule has 8 nitrogen and oxygen atoms in total. The predicted octanol–water partition coefficient (Wildman–Crippen LogP) is 6.08. The summed E-state index contributed by atoms with van der Waals surface area (Å²) in [5.74, 6) is 0. The molecule has 0 radical (unpaired) electrons. The number of nitrogens with zero attached hydrogens (tertiary/aromatic N) is 3. The lowest BCUT2D eigenvalue weighted by Crippen LogP contribution is -2.39. The molecule has 0 spiro atoms. The predicted molar refractivity (Wildman–Crippen MR) is 163 cm³/mol. The van der Waals surface area contributed by atoms with E-state index in [1.54, 1.807) is 16.7 Å². The highest BCUT2D eigenvalue weighted by Gasteiger charge is 2.31. The molecule has 4 heterocycles. The smallest absolute Gasteiger partial charge is 0.410 e. The van der Waals surface area contributed by atoms with Gasteiger partial charge in [0.2, 0.25) is 0 Å². The topological polar surface area (TPSA) is 94.6 Å². The number of amides is 1. The first-order valence-electron chi connectivity index (χ1n) is 13.6. The van der Waals surface area contributed by atoms with Crippen LogP contribution in [-0.2, 0) is 11.3 Å². The Bertz CT molecular complexity index is 1530. The third kappa shape index (κ3) is 5.94. The number of hydrogen-bond donors (Lipinski definition) is 3. The average molecular weight is 555 g/mol. The summed E-state index contributed by atoms with van der Waals surface area (Å²) in [6.45, 7) is 7.49. The molecule has 2 aromatic heterocycles. The number of benzene rings is 1. The number of carbonyl (C=O) groups excluding carboxylic acids is 1. The molecule has 1 aromatic carbocycles. The van der Waals surface area contributed by atoms with Crippen LogP contribution < -0.4 is 10.6 Å². The zero-order valence-electron chi connectivity index (χ0n) is 23.0. The number of amidine groups is 1. The number of rotatable bonds is 5. The molecule has 2 aliphatic heterocycles. The van der Waals surface area contributed by atoms with Gasteiger partial charge in [0.15, 0.2) is 5.17 Å². The minimum absolute atomic E-state index is 0.236. The second-order valence-electron chi connectivity index (χ2n) is 11.2. The molecule has 1 amide bonds. The van der Waals surface area contributed by atoms with Gasteiger partial charge in [0, 0.05) is 36.1 Å². The van der Waals surface area contributed by atoms with Gasteiger partial charge in [-0.15, -0.1) is 0 Å². The maximum atomic E-state index is 12.4. The lowest BCUT2D eigenvalue weighted by atomic mass is 10.0. The quantitative estimate of drug-likeness (QED) is 0.354. The van der Waals surface area contributed by atoms with Crippen molar-refractivity contribution >= 4 is 45.3 Å². The molecule has 2 atom stereocenters. The van der Waals surface area contributed by atoms with E-state index >= 15 is 0 Å². The number of H-pyrrole nitrogens is 1. The standard InChI is InChI=1S/C31H34N6O2S/c1-31(2,3)39-30(38)37-15-12-21(13-16-37)26-18-23-24(11-14-32-28(23)35-26)34-22-9-10-25-27(17-22)40-29(36-25)33-19-20-7-5-4-6-8-20/h4-12,14,17-18,25,27H,13,15-16,19H2,1-3H3,(H,33,36)(H2,32,34,35). The van der Waals surface area contributed by atoms with E-state index in [1.807, 2.05) is 51.2 Å².